The predicted molar refractivity (Wildman–Crippen MR) is 86.6 cm³/mol. The monoisotopic (exact) mass is 345 g/mol. The number of nitrogens with one attached hydrogen (secondary N) is 3. The Morgan fingerprint density at radius 3 is 2.73 bits per heavy atom. The minimum absolute atomic E-state index is 0.0286. The maximum Gasteiger partial charge on any atom is 0.315 e. The van der Waals surface area contributed by atoms with Crippen LogP contribution < -0.4 is 15.4 Å². The molecular formula is C14H20ClN3O3S. The van der Waals surface area contributed by atoms with E-state index in [0.29, 0.717) is 5.02 Å². The summed E-state index contributed by atoms with van der Waals surface area (Å²) in [6, 6.07) is 7.39. The van der Waals surface area contributed by atoms with Gasteiger partial charge in [-0.1, -0.05) is 29.8 Å². The van der Waals surface area contributed by atoms with E-state index in [0.717, 1.165) is 12.0 Å². The van der Waals surface area contributed by atoms with Crippen molar-refractivity contribution < 1.29 is 13.2 Å². The minimum Gasteiger partial charge on any atom is -0.337 e. The number of hydrogen-bond donors (Lipinski definition) is 3. The fourth-order valence-electron chi connectivity index (χ4n) is 2.18. The molecule has 1 aromatic rings. The van der Waals surface area contributed by atoms with Crippen LogP contribution in [0.1, 0.15) is 24.8 Å². The molecule has 0 unspecified atom stereocenters. The van der Waals surface area contributed by atoms with Gasteiger partial charge in [-0.3, -0.25) is 0 Å². The maximum atomic E-state index is 11.7. The van der Waals surface area contributed by atoms with Crippen LogP contribution in [0.25, 0.3) is 0 Å². The summed E-state index contributed by atoms with van der Waals surface area (Å²) in [5.74, 6) is 0.277. The zero-order chi connectivity index (χ0) is 16.2. The summed E-state index contributed by atoms with van der Waals surface area (Å²) in [6.07, 6.45) is 0.861. The van der Waals surface area contributed by atoms with Crippen LogP contribution in [0, 0.1) is 0 Å². The predicted octanol–water partition coefficient (Wildman–Crippen LogP) is 1.43. The summed E-state index contributed by atoms with van der Waals surface area (Å²) in [5.41, 5.74) is 1.05. The lowest BCUT2D eigenvalue weighted by Crippen LogP contribution is -2.41. The number of rotatable bonds is 7. The van der Waals surface area contributed by atoms with Crippen molar-refractivity contribution in [2.45, 2.75) is 25.3 Å². The molecule has 0 aliphatic heterocycles. The molecule has 0 aromatic heterocycles. The van der Waals surface area contributed by atoms with Crippen LogP contribution in [0.4, 0.5) is 4.79 Å². The molecule has 1 fully saturated rings. The van der Waals surface area contributed by atoms with Gasteiger partial charge in [-0.2, -0.15) is 0 Å². The number of benzene rings is 1. The van der Waals surface area contributed by atoms with E-state index < -0.39 is 10.0 Å². The van der Waals surface area contributed by atoms with Gasteiger partial charge < -0.3 is 10.6 Å². The molecule has 0 heterocycles. The van der Waals surface area contributed by atoms with Crippen molar-refractivity contribution in [1.29, 1.82) is 0 Å². The Labute approximate surface area is 135 Å². The summed E-state index contributed by atoms with van der Waals surface area (Å²) >= 11 is 6.13. The third-order valence-electron chi connectivity index (χ3n) is 3.52. The van der Waals surface area contributed by atoms with Gasteiger partial charge in [0.15, 0.2) is 0 Å². The summed E-state index contributed by atoms with van der Waals surface area (Å²) in [5, 5.41) is 6.20. The lowest BCUT2D eigenvalue weighted by molar-refractivity contribution is 0.240. The van der Waals surface area contributed by atoms with Gasteiger partial charge in [0.05, 0.1) is 5.75 Å². The van der Waals surface area contributed by atoms with Gasteiger partial charge in [0.25, 0.3) is 0 Å². The van der Waals surface area contributed by atoms with Crippen molar-refractivity contribution in [3.63, 3.8) is 0 Å². The third kappa shape index (κ3) is 4.86. The van der Waals surface area contributed by atoms with Gasteiger partial charge in [0, 0.05) is 30.1 Å². The number of carbonyl (C=O) groups excluding carboxylic acids is 1. The summed E-state index contributed by atoms with van der Waals surface area (Å²) < 4.78 is 24.8. The zero-order valence-electron chi connectivity index (χ0n) is 12.3. The van der Waals surface area contributed by atoms with Crippen molar-refractivity contribution in [3.8, 4) is 0 Å². The van der Waals surface area contributed by atoms with Crippen LogP contribution in [0.2, 0.25) is 5.02 Å². The van der Waals surface area contributed by atoms with Gasteiger partial charge in [-0.05, 0) is 25.0 Å². The minimum atomic E-state index is -3.21. The van der Waals surface area contributed by atoms with E-state index in [4.69, 9.17) is 11.6 Å². The van der Waals surface area contributed by atoms with E-state index in [2.05, 4.69) is 15.4 Å². The second-order valence-electron chi connectivity index (χ2n) is 5.17. The average molecular weight is 346 g/mol. The van der Waals surface area contributed by atoms with E-state index in [-0.39, 0.29) is 36.8 Å². The standard InChI is InChI=1S/C14H20ClN3O3S/c1-2-22(20,21)17-8-7-16-14(19)18-13-9-11(13)10-5-3-4-6-12(10)15/h3-6,11,13,17H,2,7-9H2,1H3,(H2,16,18,19)/t11-,13+/m0/s1. The summed E-state index contributed by atoms with van der Waals surface area (Å²) in [6.45, 7) is 1.99. The van der Waals surface area contributed by atoms with Crippen LogP contribution in [0.5, 0.6) is 0 Å². The number of carbonyl (C=O) groups is 1. The summed E-state index contributed by atoms with van der Waals surface area (Å²) in [4.78, 5) is 11.7. The normalized spacial score (nSPS) is 20.5. The molecule has 122 valence electrons. The Bertz CT molecular complexity index is 636. The molecule has 8 heteroatoms. The van der Waals surface area contributed by atoms with E-state index in [1.165, 1.54) is 0 Å². The van der Waals surface area contributed by atoms with Crippen molar-refractivity contribution in [3.05, 3.63) is 34.9 Å². The molecule has 1 saturated carbocycles. The molecule has 0 spiro atoms. The van der Waals surface area contributed by atoms with Crippen LogP contribution in [0.3, 0.4) is 0 Å². The first-order valence-corrected chi connectivity index (χ1v) is 9.22. The van der Waals surface area contributed by atoms with Crippen LogP contribution in [-0.2, 0) is 10.0 Å². The number of hydrogen-bond acceptors (Lipinski definition) is 3. The average Bonchev–Trinajstić information content (AvgIpc) is 3.23. The van der Waals surface area contributed by atoms with E-state index in [1.54, 1.807) is 6.92 Å². The maximum absolute atomic E-state index is 11.7. The SMILES string of the molecule is CCS(=O)(=O)NCCNC(=O)N[C@@H]1C[C@H]1c1ccccc1Cl. The Morgan fingerprint density at radius 2 is 2.05 bits per heavy atom. The molecule has 1 aliphatic carbocycles. The molecule has 1 aromatic carbocycles. The number of sulfonamides is 1. The summed E-state index contributed by atoms with van der Waals surface area (Å²) in [7, 11) is -3.21. The van der Waals surface area contributed by atoms with Crippen molar-refractivity contribution in [2.24, 2.45) is 0 Å². The highest BCUT2D eigenvalue weighted by Gasteiger charge is 2.40. The van der Waals surface area contributed by atoms with E-state index >= 15 is 0 Å². The number of amides is 2. The molecular weight excluding hydrogens is 326 g/mol. The molecule has 6 nitrogen and oxygen atoms in total. The first-order valence-electron chi connectivity index (χ1n) is 7.19. The Morgan fingerprint density at radius 1 is 1.32 bits per heavy atom. The van der Waals surface area contributed by atoms with Gasteiger partial charge in [0.1, 0.15) is 0 Å². The molecule has 2 atom stereocenters. The van der Waals surface area contributed by atoms with Crippen molar-refractivity contribution >= 4 is 27.7 Å². The van der Waals surface area contributed by atoms with Crippen molar-refractivity contribution in [1.82, 2.24) is 15.4 Å². The second-order valence-corrected chi connectivity index (χ2v) is 7.67. The first kappa shape index (κ1) is 17.1. The van der Waals surface area contributed by atoms with Crippen LogP contribution in [0.15, 0.2) is 24.3 Å². The Balaban J connectivity index is 1.68. The van der Waals surface area contributed by atoms with Crippen LogP contribution >= 0.6 is 11.6 Å². The van der Waals surface area contributed by atoms with E-state index in [1.807, 2.05) is 24.3 Å². The molecule has 1 aliphatic rings. The van der Waals surface area contributed by atoms with Gasteiger partial charge in [0.2, 0.25) is 10.0 Å². The lowest BCUT2D eigenvalue weighted by Gasteiger charge is -2.09. The topological polar surface area (TPSA) is 87.3 Å². The fourth-order valence-corrected chi connectivity index (χ4v) is 3.07. The first-order chi connectivity index (χ1) is 10.4. The quantitative estimate of drug-likeness (QED) is 0.653. The Hall–Kier alpha value is -1.31. The highest BCUT2D eigenvalue weighted by Crippen LogP contribution is 2.43. The van der Waals surface area contributed by atoms with Gasteiger partial charge >= 0.3 is 6.03 Å². The smallest absolute Gasteiger partial charge is 0.315 e. The number of urea groups is 1. The largest absolute Gasteiger partial charge is 0.337 e. The second kappa shape index (κ2) is 7.30. The molecule has 0 radical (unpaired) electrons. The molecule has 0 bridgehead atoms. The molecule has 22 heavy (non-hydrogen) atoms. The third-order valence-corrected chi connectivity index (χ3v) is 5.27. The fraction of sp³-hybridized carbons (Fsp3) is 0.500. The Kier molecular flexibility index (Phi) is 5.66. The number of halogens is 1. The van der Waals surface area contributed by atoms with E-state index in [9.17, 15) is 13.2 Å². The highest BCUT2D eigenvalue weighted by molar-refractivity contribution is 7.89. The molecule has 0 saturated heterocycles. The zero-order valence-corrected chi connectivity index (χ0v) is 13.9. The molecule has 3 N–H and O–H groups in total. The van der Waals surface area contributed by atoms with Crippen LogP contribution in [-0.4, -0.2) is 39.3 Å². The lowest BCUT2D eigenvalue weighted by atomic mass is 10.1. The molecule has 2 rings (SSSR count). The highest BCUT2D eigenvalue weighted by atomic mass is 35.5. The molecule has 2 amide bonds. The van der Waals surface area contributed by atoms with Gasteiger partial charge in [-0.15, -0.1) is 0 Å². The van der Waals surface area contributed by atoms with Crippen molar-refractivity contribution in [2.75, 3.05) is 18.8 Å². The van der Waals surface area contributed by atoms with Gasteiger partial charge in [-0.25, -0.2) is 17.9 Å².